The predicted molar refractivity (Wildman–Crippen MR) is 67.0 cm³/mol. The van der Waals surface area contributed by atoms with Crippen LogP contribution in [0.25, 0.3) is 11.3 Å². The van der Waals surface area contributed by atoms with E-state index in [2.05, 4.69) is 4.98 Å². The molecule has 6 nitrogen and oxygen atoms in total. The number of nitrogens with zero attached hydrogens (tertiary/aromatic N) is 3. The van der Waals surface area contributed by atoms with E-state index in [4.69, 9.17) is 14.9 Å². The molecular formula is C13H10N4O2. The molecule has 0 saturated carbocycles. The van der Waals surface area contributed by atoms with E-state index in [0.717, 1.165) is 0 Å². The fourth-order valence-electron chi connectivity index (χ4n) is 1.71. The molecule has 2 N–H and O–H groups in total. The van der Waals surface area contributed by atoms with Crippen LogP contribution >= 0.6 is 0 Å². The van der Waals surface area contributed by atoms with Gasteiger partial charge in [-0.05, 0) is 19.1 Å². The number of anilines is 1. The van der Waals surface area contributed by atoms with Gasteiger partial charge >= 0.3 is 0 Å². The Balaban J connectivity index is 2.81. The standard InChI is InChI=1S/C13H10N4O2/c1-2-18-13-9(7-15)11(10-4-3-5-19-10)8(6-14)12(16)17-13/h3-5H,2H2,1H3,(H2,16,17). The van der Waals surface area contributed by atoms with Crippen molar-refractivity contribution in [3.8, 4) is 29.3 Å². The van der Waals surface area contributed by atoms with Crippen LogP contribution in [0.5, 0.6) is 5.88 Å². The number of nitriles is 2. The van der Waals surface area contributed by atoms with Crippen molar-refractivity contribution in [2.24, 2.45) is 0 Å². The lowest BCUT2D eigenvalue weighted by Gasteiger charge is -2.11. The molecule has 0 aliphatic carbocycles. The molecule has 0 aliphatic heterocycles. The Morgan fingerprint density at radius 1 is 1.37 bits per heavy atom. The molecule has 2 heterocycles. The van der Waals surface area contributed by atoms with Crippen LogP contribution in [0.1, 0.15) is 18.1 Å². The smallest absolute Gasteiger partial charge is 0.234 e. The molecule has 0 saturated heterocycles. The first-order valence-electron chi connectivity index (χ1n) is 5.53. The number of hydrogen-bond acceptors (Lipinski definition) is 6. The van der Waals surface area contributed by atoms with Crippen molar-refractivity contribution in [2.45, 2.75) is 6.92 Å². The Hall–Kier alpha value is -2.99. The topological polar surface area (TPSA) is 109 Å². The van der Waals surface area contributed by atoms with Gasteiger partial charge in [0, 0.05) is 0 Å². The molecule has 0 radical (unpaired) electrons. The summed E-state index contributed by atoms with van der Waals surface area (Å²) in [7, 11) is 0. The fourth-order valence-corrected chi connectivity index (χ4v) is 1.71. The Morgan fingerprint density at radius 3 is 2.63 bits per heavy atom. The quantitative estimate of drug-likeness (QED) is 0.897. The van der Waals surface area contributed by atoms with E-state index in [9.17, 15) is 10.5 Å². The van der Waals surface area contributed by atoms with Gasteiger partial charge in [0.25, 0.3) is 0 Å². The number of rotatable bonds is 3. The van der Waals surface area contributed by atoms with Crippen LogP contribution in [0.4, 0.5) is 5.82 Å². The zero-order valence-corrected chi connectivity index (χ0v) is 10.2. The van der Waals surface area contributed by atoms with Gasteiger partial charge in [0.05, 0.1) is 18.4 Å². The van der Waals surface area contributed by atoms with E-state index in [-0.39, 0.29) is 22.8 Å². The molecule has 0 aromatic carbocycles. The van der Waals surface area contributed by atoms with Crippen LogP contribution in [-0.4, -0.2) is 11.6 Å². The Kier molecular flexibility index (Phi) is 3.35. The van der Waals surface area contributed by atoms with Crippen LogP contribution in [0, 0.1) is 22.7 Å². The second kappa shape index (κ2) is 5.11. The number of aromatic nitrogens is 1. The van der Waals surface area contributed by atoms with Crippen molar-refractivity contribution in [3.63, 3.8) is 0 Å². The monoisotopic (exact) mass is 254 g/mol. The zero-order valence-electron chi connectivity index (χ0n) is 10.2. The molecule has 0 amide bonds. The van der Waals surface area contributed by atoms with Crippen LogP contribution in [0.2, 0.25) is 0 Å². The molecule has 94 valence electrons. The van der Waals surface area contributed by atoms with Crippen LogP contribution in [-0.2, 0) is 0 Å². The molecule has 0 spiro atoms. The molecule has 0 atom stereocenters. The molecule has 0 unspecified atom stereocenters. The van der Waals surface area contributed by atoms with E-state index in [1.54, 1.807) is 19.1 Å². The van der Waals surface area contributed by atoms with Crippen molar-refractivity contribution in [1.29, 1.82) is 10.5 Å². The van der Waals surface area contributed by atoms with Crippen molar-refractivity contribution < 1.29 is 9.15 Å². The molecule has 2 aromatic heterocycles. The van der Waals surface area contributed by atoms with Crippen molar-refractivity contribution in [1.82, 2.24) is 4.98 Å². The fraction of sp³-hybridized carbons (Fsp3) is 0.154. The first-order valence-corrected chi connectivity index (χ1v) is 5.53. The molecule has 0 fully saturated rings. The Morgan fingerprint density at radius 2 is 2.11 bits per heavy atom. The summed E-state index contributed by atoms with van der Waals surface area (Å²) in [4.78, 5) is 3.94. The number of nitrogens with two attached hydrogens (primary N) is 1. The van der Waals surface area contributed by atoms with E-state index in [0.29, 0.717) is 17.9 Å². The average Bonchev–Trinajstić information content (AvgIpc) is 2.92. The maximum absolute atomic E-state index is 9.27. The van der Waals surface area contributed by atoms with E-state index in [1.807, 2.05) is 12.1 Å². The highest BCUT2D eigenvalue weighted by molar-refractivity contribution is 5.79. The lowest BCUT2D eigenvalue weighted by atomic mass is 10.0. The predicted octanol–water partition coefficient (Wildman–Crippen LogP) is 2.07. The zero-order chi connectivity index (χ0) is 13.8. The van der Waals surface area contributed by atoms with Gasteiger partial charge in [-0.3, -0.25) is 0 Å². The van der Waals surface area contributed by atoms with Crippen LogP contribution < -0.4 is 10.5 Å². The highest BCUT2D eigenvalue weighted by Crippen LogP contribution is 2.35. The van der Waals surface area contributed by atoms with Crippen LogP contribution in [0.15, 0.2) is 22.8 Å². The van der Waals surface area contributed by atoms with Gasteiger partial charge in [0.15, 0.2) is 0 Å². The normalized spacial score (nSPS) is 9.63. The summed E-state index contributed by atoms with van der Waals surface area (Å²) in [5.41, 5.74) is 6.29. The number of hydrogen-bond donors (Lipinski definition) is 1. The summed E-state index contributed by atoms with van der Waals surface area (Å²) in [6.07, 6.45) is 1.45. The number of ether oxygens (including phenoxy) is 1. The summed E-state index contributed by atoms with van der Waals surface area (Å²) in [5.74, 6) is 0.493. The highest BCUT2D eigenvalue weighted by Gasteiger charge is 2.22. The molecule has 2 rings (SSSR count). The number of nitrogen functional groups attached to an aromatic ring is 1. The largest absolute Gasteiger partial charge is 0.477 e. The van der Waals surface area contributed by atoms with E-state index < -0.39 is 0 Å². The highest BCUT2D eigenvalue weighted by atomic mass is 16.5. The molecule has 0 bridgehead atoms. The van der Waals surface area contributed by atoms with Crippen molar-refractivity contribution >= 4 is 5.82 Å². The third-order valence-corrected chi connectivity index (χ3v) is 2.46. The lowest BCUT2D eigenvalue weighted by molar-refractivity contribution is 0.326. The molecule has 0 aliphatic rings. The van der Waals surface area contributed by atoms with Gasteiger partial charge in [0.1, 0.15) is 34.8 Å². The SMILES string of the molecule is CCOc1nc(N)c(C#N)c(-c2ccco2)c1C#N. The summed E-state index contributed by atoms with van der Waals surface area (Å²) < 4.78 is 10.5. The summed E-state index contributed by atoms with van der Waals surface area (Å²) >= 11 is 0. The molecule has 6 heteroatoms. The number of pyridine rings is 1. The van der Waals surface area contributed by atoms with E-state index in [1.165, 1.54) is 6.26 Å². The first-order chi connectivity index (χ1) is 9.22. The third kappa shape index (κ3) is 2.07. The molecular weight excluding hydrogens is 244 g/mol. The maximum atomic E-state index is 9.27. The minimum absolute atomic E-state index is 0.0105. The molecule has 19 heavy (non-hydrogen) atoms. The van der Waals surface area contributed by atoms with Gasteiger partial charge in [-0.2, -0.15) is 15.5 Å². The average molecular weight is 254 g/mol. The van der Waals surface area contributed by atoms with Crippen molar-refractivity contribution in [3.05, 3.63) is 29.5 Å². The van der Waals surface area contributed by atoms with Gasteiger partial charge in [-0.25, -0.2) is 0 Å². The van der Waals surface area contributed by atoms with Gasteiger partial charge in [0.2, 0.25) is 5.88 Å². The minimum atomic E-state index is 0.0105. The van der Waals surface area contributed by atoms with Crippen LogP contribution in [0.3, 0.4) is 0 Å². The minimum Gasteiger partial charge on any atom is -0.477 e. The lowest BCUT2D eigenvalue weighted by Crippen LogP contribution is -2.05. The van der Waals surface area contributed by atoms with Gasteiger partial charge in [-0.15, -0.1) is 0 Å². The molecule has 2 aromatic rings. The van der Waals surface area contributed by atoms with Gasteiger partial charge < -0.3 is 14.9 Å². The second-order valence-electron chi connectivity index (χ2n) is 3.56. The summed E-state index contributed by atoms with van der Waals surface area (Å²) in [6.45, 7) is 2.11. The van der Waals surface area contributed by atoms with Gasteiger partial charge in [-0.1, -0.05) is 0 Å². The van der Waals surface area contributed by atoms with E-state index >= 15 is 0 Å². The summed E-state index contributed by atoms with van der Waals surface area (Å²) in [6, 6.07) is 7.23. The second-order valence-corrected chi connectivity index (χ2v) is 3.56. The van der Waals surface area contributed by atoms with Crippen molar-refractivity contribution in [2.75, 3.05) is 12.3 Å². The Bertz CT molecular complexity index is 678. The first kappa shape index (κ1) is 12.5. The Labute approximate surface area is 109 Å². The number of furan rings is 1. The summed E-state index contributed by atoms with van der Waals surface area (Å²) in [5, 5.41) is 18.5. The third-order valence-electron chi connectivity index (χ3n) is 2.46. The maximum Gasteiger partial charge on any atom is 0.234 e.